The van der Waals surface area contributed by atoms with Gasteiger partial charge in [0.15, 0.2) is 0 Å². The Morgan fingerprint density at radius 1 is 1.38 bits per heavy atom. The first-order valence-corrected chi connectivity index (χ1v) is 5.43. The van der Waals surface area contributed by atoms with E-state index in [1.165, 1.54) is 0 Å². The average molecular weight is 220 g/mol. The van der Waals surface area contributed by atoms with Crippen molar-refractivity contribution >= 4 is 6.08 Å². The van der Waals surface area contributed by atoms with E-state index in [0.717, 1.165) is 16.9 Å². The standard InChI is InChI=1S/C14H20O2/c1-14(2,3)12(10-15)8-11-6-5-7-13(9-11)16-4/h5-9,15H,10H2,1-4H3/b12-8+. The number of aliphatic hydroxyl groups excluding tert-OH is 1. The van der Waals surface area contributed by atoms with E-state index in [9.17, 15) is 5.11 Å². The second kappa shape index (κ2) is 5.17. The lowest BCUT2D eigenvalue weighted by Gasteiger charge is -2.21. The van der Waals surface area contributed by atoms with Crippen LogP contribution in [0, 0.1) is 5.41 Å². The highest BCUT2D eigenvalue weighted by Crippen LogP contribution is 2.27. The van der Waals surface area contributed by atoms with Crippen LogP contribution in [0.5, 0.6) is 5.75 Å². The number of hydrogen-bond donors (Lipinski definition) is 1. The monoisotopic (exact) mass is 220 g/mol. The Balaban J connectivity index is 3.04. The van der Waals surface area contributed by atoms with E-state index in [1.54, 1.807) is 7.11 Å². The SMILES string of the molecule is COc1cccc(/C=C(\CO)C(C)(C)C)c1. The fraction of sp³-hybridized carbons (Fsp3) is 0.429. The molecule has 0 aliphatic carbocycles. The summed E-state index contributed by atoms with van der Waals surface area (Å²) in [5.41, 5.74) is 2.05. The molecule has 0 saturated carbocycles. The van der Waals surface area contributed by atoms with Crippen LogP contribution < -0.4 is 4.74 Å². The van der Waals surface area contributed by atoms with Gasteiger partial charge >= 0.3 is 0 Å². The maximum atomic E-state index is 9.35. The molecule has 0 heterocycles. The van der Waals surface area contributed by atoms with Gasteiger partial charge in [0.25, 0.3) is 0 Å². The summed E-state index contributed by atoms with van der Waals surface area (Å²) in [6.07, 6.45) is 2.02. The third-order valence-corrected chi connectivity index (χ3v) is 2.57. The second-order valence-electron chi connectivity index (χ2n) is 4.85. The molecule has 0 spiro atoms. The van der Waals surface area contributed by atoms with Gasteiger partial charge in [-0.25, -0.2) is 0 Å². The summed E-state index contributed by atoms with van der Waals surface area (Å²) >= 11 is 0. The summed E-state index contributed by atoms with van der Waals surface area (Å²) in [5.74, 6) is 0.833. The molecular formula is C14H20O2. The van der Waals surface area contributed by atoms with Crippen molar-refractivity contribution < 1.29 is 9.84 Å². The van der Waals surface area contributed by atoms with Gasteiger partial charge in [0, 0.05) is 0 Å². The lowest BCUT2D eigenvalue weighted by molar-refractivity contribution is 0.298. The molecule has 0 saturated heterocycles. The summed E-state index contributed by atoms with van der Waals surface area (Å²) in [7, 11) is 1.65. The van der Waals surface area contributed by atoms with Gasteiger partial charge in [-0.05, 0) is 28.7 Å². The lowest BCUT2D eigenvalue weighted by Crippen LogP contribution is -2.12. The van der Waals surface area contributed by atoms with Crippen LogP contribution in [0.2, 0.25) is 0 Å². The molecule has 88 valence electrons. The topological polar surface area (TPSA) is 29.5 Å². The molecular weight excluding hydrogens is 200 g/mol. The van der Waals surface area contributed by atoms with E-state index in [1.807, 2.05) is 30.3 Å². The highest BCUT2D eigenvalue weighted by atomic mass is 16.5. The first-order chi connectivity index (χ1) is 7.47. The zero-order chi connectivity index (χ0) is 12.2. The van der Waals surface area contributed by atoms with E-state index in [0.29, 0.717) is 0 Å². The van der Waals surface area contributed by atoms with E-state index in [-0.39, 0.29) is 12.0 Å². The zero-order valence-corrected chi connectivity index (χ0v) is 10.4. The largest absolute Gasteiger partial charge is 0.497 e. The van der Waals surface area contributed by atoms with Crippen molar-refractivity contribution in [1.29, 1.82) is 0 Å². The molecule has 1 N–H and O–H groups in total. The second-order valence-corrected chi connectivity index (χ2v) is 4.85. The smallest absolute Gasteiger partial charge is 0.119 e. The minimum atomic E-state index is -0.0160. The predicted octanol–water partition coefficient (Wildman–Crippen LogP) is 3.12. The van der Waals surface area contributed by atoms with Crippen LogP contribution in [-0.4, -0.2) is 18.8 Å². The van der Waals surface area contributed by atoms with Gasteiger partial charge in [0.05, 0.1) is 13.7 Å². The summed E-state index contributed by atoms with van der Waals surface area (Å²) in [5, 5.41) is 9.35. The minimum absolute atomic E-state index is 0.0160. The van der Waals surface area contributed by atoms with Crippen LogP contribution in [0.1, 0.15) is 26.3 Å². The van der Waals surface area contributed by atoms with Crippen LogP contribution in [0.4, 0.5) is 0 Å². The van der Waals surface area contributed by atoms with Crippen LogP contribution in [0.15, 0.2) is 29.8 Å². The number of benzene rings is 1. The fourth-order valence-electron chi connectivity index (χ4n) is 1.43. The van der Waals surface area contributed by atoms with E-state index >= 15 is 0 Å². The van der Waals surface area contributed by atoms with Crippen molar-refractivity contribution in [3.8, 4) is 5.75 Å². The van der Waals surface area contributed by atoms with Crippen LogP contribution >= 0.6 is 0 Å². The molecule has 2 nitrogen and oxygen atoms in total. The molecule has 0 aliphatic heterocycles. The highest BCUT2D eigenvalue weighted by Gasteiger charge is 2.15. The summed E-state index contributed by atoms with van der Waals surface area (Å²) in [6, 6.07) is 7.82. The maximum absolute atomic E-state index is 9.35. The molecule has 1 aromatic carbocycles. The number of rotatable bonds is 3. The first kappa shape index (κ1) is 12.8. The van der Waals surface area contributed by atoms with Crippen LogP contribution in [-0.2, 0) is 0 Å². The normalized spacial score (nSPS) is 12.7. The quantitative estimate of drug-likeness (QED) is 0.848. The molecule has 1 aromatic rings. The summed E-state index contributed by atoms with van der Waals surface area (Å²) in [4.78, 5) is 0. The Labute approximate surface area is 97.6 Å². The minimum Gasteiger partial charge on any atom is -0.497 e. The van der Waals surface area contributed by atoms with Crippen molar-refractivity contribution in [2.45, 2.75) is 20.8 Å². The molecule has 1 rings (SSSR count). The fourth-order valence-corrected chi connectivity index (χ4v) is 1.43. The van der Waals surface area contributed by atoms with Crippen molar-refractivity contribution in [3.63, 3.8) is 0 Å². The molecule has 0 radical (unpaired) electrons. The van der Waals surface area contributed by atoms with Gasteiger partial charge in [-0.1, -0.05) is 39.0 Å². The number of methoxy groups -OCH3 is 1. The van der Waals surface area contributed by atoms with Gasteiger partial charge in [0.2, 0.25) is 0 Å². The van der Waals surface area contributed by atoms with E-state index in [4.69, 9.17) is 4.74 Å². The van der Waals surface area contributed by atoms with Crippen molar-refractivity contribution in [1.82, 2.24) is 0 Å². The van der Waals surface area contributed by atoms with Crippen molar-refractivity contribution in [2.24, 2.45) is 5.41 Å². The molecule has 0 atom stereocenters. The van der Waals surface area contributed by atoms with Gasteiger partial charge in [0.1, 0.15) is 5.75 Å². The summed E-state index contributed by atoms with van der Waals surface area (Å²) in [6.45, 7) is 6.36. The molecule has 0 unspecified atom stereocenters. The first-order valence-electron chi connectivity index (χ1n) is 5.43. The van der Waals surface area contributed by atoms with Gasteiger partial charge in [-0.3, -0.25) is 0 Å². The van der Waals surface area contributed by atoms with Crippen molar-refractivity contribution in [2.75, 3.05) is 13.7 Å². The molecule has 0 bridgehead atoms. The van der Waals surface area contributed by atoms with E-state index in [2.05, 4.69) is 20.8 Å². The lowest BCUT2D eigenvalue weighted by atomic mass is 9.86. The number of ether oxygens (including phenoxy) is 1. The van der Waals surface area contributed by atoms with Gasteiger partial charge in [-0.2, -0.15) is 0 Å². The third-order valence-electron chi connectivity index (χ3n) is 2.57. The number of aliphatic hydroxyl groups is 1. The Morgan fingerprint density at radius 2 is 2.06 bits per heavy atom. The maximum Gasteiger partial charge on any atom is 0.119 e. The highest BCUT2D eigenvalue weighted by molar-refractivity contribution is 5.56. The molecule has 2 heteroatoms. The third kappa shape index (κ3) is 3.38. The van der Waals surface area contributed by atoms with Gasteiger partial charge < -0.3 is 9.84 Å². The van der Waals surface area contributed by atoms with E-state index < -0.39 is 0 Å². The van der Waals surface area contributed by atoms with Crippen molar-refractivity contribution in [3.05, 3.63) is 35.4 Å². The summed E-state index contributed by atoms with van der Waals surface area (Å²) < 4.78 is 5.16. The number of hydrogen-bond acceptors (Lipinski definition) is 2. The van der Waals surface area contributed by atoms with Crippen LogP contribution in [0.25, 0.3) is 6.08 Å². The average Bonchev–Trinajstić information content (AvgIpc) is 2.24. The zero-order valence-electron chi connectivity index (χ0n) is 10.4. The Morgan fingerprint density at radius 3 is 2.56 bits per heavy atom. The predicted molar refractivity (Wildman–Crippen MR) is 67.5 cm³/mol. The molecule has 0 amide bonds. The van der Waals surface area contributed by atoms with Gasteiger partial charge in [-0.15, -0.1) is 0 Å². The molecule has 0 aliphatic rings. The molecule has 0 aromatic heterocycles. The Hall–Kier alpha value is -1.28. The Kier molecular flexibility index (Phi) is 4.13. The molecule has 16 heavy (non-hydrogen) atoms. The molecule has 0 fully saturated rings. The van der Waals surface area contributed by atoms with Crippen LogP contribution in [0.3, 0.4) is 0 Å². The Bertz CT molecular complexity index is 373.